The number of hydrogen-bond acceptors (Lipinski definition) is 3. The summed E-state index contributed by atoms with van der Waals surface area (Å²) in [5, 5.41) is 3.01. The normalized spacial score (nSPS) is 18.7. The van der Waals surface area contributed by atoms with E-state index in [0.29, 0.717) is 13.0 Å². The SMILES string of the molecule is CN(Cc1ccccc1)CN1C(=O)N[C@](Cc2ccccc2)(c2ccccc2)C1=O. The van der Waals surface area contributed by atoms with E-state index in [4.69, 9.17) is 0 Å². The second-order valence-electron chi connectivity index (χ2n) is 7.74. The summed E-state index contributed by atoms with van der Waals surface area (Å²) in [6, 6.07) is 28.9. The summed E-state index contributed by atoms with van der Waals surface area (Å²) in [7, 11) is 1.91. The van der Waals surface area contributed by atoms with Gasteiger partial charge in [0.05, 0.1) is 6.67 Å². The maximum absolute atomic E-state index is 13.6. The van der Waals surface area contributed by atoms with Crippen molar-refractivity contribution < 1.29 is 9.59 Å². The van der Waals surface area contributed by atoms with Gasteiger partial charge >= 0.3 is 6.03 Å². The van der Waals surface area contributed by atoms with Crippen molar-refractivity contribution >= 4 is 11.9 Å². The highest BCUT2D eigenvalue weighted by Crippen LogP contribution is 2.33. The van der Waals surface area contributed by atoms with Crippen LogP contribution in [0.4, 0.5) is 4.79 Å². The highest BCUT2D eigenvalue weighted by molar-refractivity contribution is 6.07. The summed E-state index contributed by atoms with van der Waals surface area (Å²) < 4.78 is 0. The van der Waals surface area contributed by atoms with Crippen LogP contribution in [-0.2, 0) is 23.3 Å². The number of nitrogens with zero attached hydrogens (tertiary/aromatic N) is 2. The minimum Gasteiger partial charge on any atom is -0.319 e. The number of rotatable bonds is 7. The van der Waals surface area contributed by atoms with E-state index in [1.54, 1.807) is 0 Å². The number of imide groups is 1. The van der Waals surface area contributed by atoms with Crippen LogP contribution in [0.1, 0.15) is 16.7 Å². The molecule has 0 aliphatic carbocycles. The van der Waals surface area contributed by atoms with Crippen LogP contribution in [0.25, 0.3) is 0 Å². The van der Waals surface area contributed by atoms with Crippen LogP contribution in [0.3, 0.4) is 0 Å². The van der Waals surface area contributed by atoms with Gasteiger partial charge in [0.2, 0.25) is 0 Å². The molecule has 152 valence electrons. The van der Waals surface area contributed by atoms with Gasteiger partial charge in [-0.2, -0.15) is 0 Å². The van der Waals surface area contributed by atoms with E-state index < -0.39 is 5.54 Å². The Morgan fingerprint density at radius 1 is 0.800 bits per heavy atom. The Balaban J connectivity index is 1.60. The van der Waals surface area contributed by atoms with Gasteiger partial charge in [-0.1, -0.05) is 91.0 Å². The minimum atomic E-state index is -1.10. The molecule has 0 saturated carbocycles. The van der Waals surface area contributed by atoms with Gasteiger partial charge in [0.15, 0.2) is 5.54 Å². The Kier molecular flexibility index (Phi) is 5.63. The summed E-state index contributed by atoms with van der Waals surface area (Å²) in [5.74, 6) is -0.220. The summed E-state index contributed by atoms with van der Waals surface area (Å²) in [4.78, 5) is 29.9. The molecule has 3 aromatic carbocycles. The van der Waals surface area contributed by atoms with E-state index in [-0.39, 0.29) is 18.6 Å². The molecule has 1 aliphatic rings. The number of amides is 3. The van der Waals surface area contributed by atoms with Crippen molar-refractivity contribution in [2.45, 2.75) is 18.5 Å². The van der Waals surface area contributed by atoms with Crippen LogP contribution >= 0.6 is 0 Å². The molecule has 0 aromatic heterocycles. The number of hydrogen-bond donors (Lipinski definition) is 1. The first-order chi connectivity index (χ1) is 14.6. The Morgan fingerprint density at radius 2 is 1.33 bits per heavy atom. The standard InChI is InChI=1S/C25H25N3O2/c1-27(18-21-13-7-3-8-14-21)19-28-23(29)25(26-24(28)30,22-15-9-4-10-16-22)17-20-11-5-2-6-12-20/h2-16H,17-19H2,1H3,(H,26,30)/t25-/m1/s1. The molecule has 30 heavy (non-hydrogen) atoms. The van der Waals surface area contributed by atoms with Crippen molar-refractivity contribution in [2.75, 3.05) is 13.7 Å². The van der Waals surface area contributed by atoms with Gasteiger partial charge in [-0.25, -0.2) is 9.69 Å². The van der Waals surface area contributed by atoms with Crippen molar-refractivity contribution in [3.05, 3.63) is 108 Å². The summed E-state index contributed by atoms with van der Waals surface area (Å²) in [6.07, 6.45) is 0.404. The van der Waals surface area contributed by atoms with Gasteiger partial charge < -0.3 is 5.32 Å². The van der Waals surface area contributed by atoms with Crippen LogP contribution in [0.5, 0.6) is 0 Å². The lowest BCUT2D eigenvalue weighted by Crippen LogP contribution is -2.46. The van der Waals surface area contributed by atoms with Gasteiger partial charge in [0.25, 0.3) is 5.91 Å². The molecule has 1 heterocycles. The second-order valence-corrected chi connectivity index (χ2v) is 7.74. The topological polar surface area (TPSA) is 52.6 Å². The first-order valence-corrected chi connectivity index (χ1v) is 10.0. The third-order valence-corrected chi connectivity index (χ3v) is 5.43. The molecule has 0 unspecified atom stereocenters. The third-order valence-electron chi connectivity index (χ3n) is 5.43. The Labute approximate surface area is 176 Å². The molecule has 3 amide bonds. The molecule has 3 aromatic rings. The fourth-order valence-corrected chi connectivity index (χ4v) is 3.98. The maximum atomic E-state index is 13.6. The molecular formula is C25H25N3O2. The summed E-state index contributed by atoms with van der Waals surface area (Å²) in [5.41, 5.74) is 1.81. The predicted molar refractivity (Wildman–Crippen MR) is 116 cm³/mol. The van der Waals surface area contributed by atoms with Crippen LogP contribution in [0.15, 0.2) is 91.0 Å². The molecule has 4 rings (SSSR count). The van der Waals surface area contributed by atoms with Crippen molar-refractivity contribution in [2.24, 2.45) is 0 Å². The van der Waals surface area contributed by atoms with Crippen molar-refractivity contribution in [3.63, 3.8) is 0 Å². The molecule has 1 N–H and O–H groups in total. The lowest BCUT2D eigenvalue weighted by atomic mass is 9.83. The number of carbonyl (C=O) groups excluding carboxylic acids is 2. The average molecular weight is 399 g/mol. The fraction of sp³-hybridized carbons (Fsp3) is 0.200. The second kappa shape index (κ2) is 8.51. The van der Waals surface area contributed by atoms with Gasteiger partial charge in [0.1, 0.15) is 0 Å². The van der Waals surface area contributed by atoms with E-state index in [0.717, 1.165) is 16.7 Å². The van der Waals surface area contributed by atoms with E-state index >= 15 is 0 Å². The lowest BCUT2D eigenvalue weighted by Gasteiger charge is -2.28. The van der Waals surface area contributed by atoms with Crippen molar-refractivity contribution in [1.82, 2.24) is 15.1 Å². The quantitative estimate of drug-likeness (QED) is 0.616. The van der Waals surface area contributed by atoms with Gasteiger partial charge in [-0.3, -0.25) is 9.69 Å². The summed E-state index contributed by atoms with van der Waals surface area (Å²) in [6.45, 7) is 0.873. The zero-order valence-corrected chi connectivity index (χ0v) is 17.0. The molecule has 0 bridgehead atoms. The number of carbonyl (C=O) groups is 2. The number of nitrogens with one attached hydrogen (secondary N) is 1. The zero-order valence-electron chi connectivity index (χ0n) is 17.0. The van der Waals surface area contributed by atoms with Crippen LogP contribution < -0.4 is 5.32 Å². The van der Waals surface area contributed by atoms with Gasteiger partial charge in [0, 0.05) is 13.0 Å². The van der Waals surface area contributed by atoms with Crippen molar-refractivity contribution in [3.8, 4) is 0 Å². The smallest absolute Gasteiger partial charge is 0.319 e. The Morgan fingerprint density at radius 3 is 1.93 bits per heavy atom. The predicted octanol–water partition coefficient (Wildman–Crippen LogP) is 3.77. The van der Waals surface area contributed by atoms with E-state index in [2.05, 4.69) is 5.32 Å². The largest absolute Gasteiger partial charge is 0.326 e. The van der Waals surface area contributed by atoms with Gasteiger partial charge in [-0.05, 0) is 23.7 Å². The van der Waals surface area contributed by atoms with E-state index in [1.807, 2.05) is 103 Å². The monoisotopic (exact) mass is 399 g/mol. The molecule has 1 saturated heterocycles. The molecule has 1 fully saturated rings. The number of benzene rings is 3. The number of urea groups is 1. The fourth-order valence-electron chi connectivity index (χ4n) is 3.98. The Hall–Kier alpha value is -3.44. The first kappa shape index (κ1) is 19.9. The van der Waals surface area contributed by atoms with Crippen LogP contribution in [0.2, 0.25) is 0 Å². The average Bonchev–Trinajstić information content (AvgIpc) is 3.01. The molecule has 0 radical (unpaired) electrons. The molecule has 1 atom stereocenters. The van der Waals surface area contributed by atoms with E-state index in [9.17, 15) is 9.59 Å². The van der Waals surface area contributed by atoms with E-state index in [1.165, 1.54) is 4.90 Å². The zero-order chi connectivity index (χ0) is 21.0. The van der Waals surface area contributed by atoms with Crippen LogP contribution in [0, 0.1) is 0 Å². The first-order valence-electron chi connectivity index (χ1n) is 10.0. The molecular weight excluding hydrogens is 374 g/mol. The third kappa shape index (κ3) is 3.98. The minimum absolute atomic E-state index is 0.220. The molecule has 5 nitrogen and oxygen atoms in total. The molecule has 1 aliphatic heterocycles. The molecule has 0 spiro atoms. The molecule has 5 heteroatoms. The van der Waals surface area contributed by atoms with Crippen molar-refractivity contribution in [1.29, 1.82) is 0 Å². The van der Waals surface area contributed by atoms with Crippen LogP contribution in [-0.4, -0.2) is 35.5 Å². The van der Waals surface area contributed by atoms with Gasteiger partial charge in [-0.15, -0.1) is 0 Å². The Bertz CT molecular complexity index is 1010. The summed E-state index contributed by atoms with van der Waals surface area (Å²) >= 11 is 0. The lowest BCUT2D eigenvalue weighted by molar-refractivity contribution is -0.133. The maximum Gasteiger partial charge on any atom is 0.326 e. The highest BCUT2D eigenvalue weighted by atomic mass is 16.2. The highest BCUT2D eigenvalue weighted by Gasteiger charge is 2.52.